The lowest BCUT2D eigenvalue weighted by Crippen LogP contribution is -2.38. The van der Waals surface area contributed by atoms with Crippen LogP contribution in [0, 0.1) is 25.7 Å². The van der Waals surface area contributed by atoms with Gasteiger partial charge in [-0.3, -0.25) is 5.10 Å². The first kappa shape index (κ1) is 12.2. The van der Waals surface area contributed by atoms with Crippen LogP contribution in [0.5, 0.6) is 0 Å². The van der Waals surface area contributed by atoms with Crippen molar-refractivity contribution in [3.63, 3.8) is 0 Å². The number of hydrogen-bond acceptors (Lipinski definition) is 3. The minimum absolute atomic E-state index is 0.142. The summed E-state index contributed by atoms with van der Waals surface area (Å²) in [6.07, 6.45) is 4.64. The highest BCUT2D eigenvalue weighted by Crippen LogP contribution is 2.45. The Morgan fingerprint density at radius 1 is 1.22 bits per heavy atom. The first-order valence-electron chi connectivity index (χ1n) is 6.53. The second-order valence-electron chi connectivity index (χ2n) is 5.59. The molecular formula is C12H19N3O2S. The van der Waals surface area contributed by atoms with E-state index in [1.807, 2.05) is 0 Å². The second-order valence-corrected chi connectivity index (χ2v) is 7.24. The first-order valence-corrected chi connectivity index (χ1v) is 8.01. The van der Waals surface area contributed by atoms with Crippen molar-refractivity contribution in [1.82, 2.24) is 14.9 Å². The summed E-state index contributed by atoms with van der Waals surface area (Å²) >= 11 is 0. The molecule has 18 heavy (non-hydrogen) atoms. The van der Waals surface area contributed by atoms with Crippen molar-refractivity contribution in [2.45, 2.75) is 50.5 Å². The van der Waals surface area contributed by atoms with Gasteiger partial charge >= 0.3 is 0 Å². The fourth-order valence-corrected chi connectivity index (χ4v) is 4.41. The van der Waals surface area contributed by atoms with Gasteiger partial charge in [0.15, 0.2) is 0 Å². The summed E-state index contributed by atoms with van der Waals surface area (Å²) in [4.78, 5) is 0.328. The Morgan fingerprint density at radius 3 is 2.17 bits per heavy atom. The normalized spacial score (nSPS) is 20.6. The third kappa shape index (κ3) is 2.19. The molecule has 5 nitrogen and oxygen atoms in total. The van der Waals surface area contributed by atoms with Crippen LogP contribution >= 0.6 is 0 Å². The van der Waals surface area contributed by atoms with E-state index in [4.69, 9.17) is 0 Å². The molecule has 3 rings (SSSR count). The van der Waals surface area contributed by atoms with Crippen LogP contribution in [-0.4, -0.2) is 24.7 Å². The lowest BCUT2D eigenvalue weighted by Gasteiger charge is -2.17. The van der Waals surface area contributed by atoms with Gasteiger partial charge in [-0.15, -0.1) is 0 Å². The van der Waals surface area contributed by atoms with Gasteiger partial charge in [-0.2, -0.15) is 5.10 Å². The van der Waals surface area contributed by atoms with E-state index < -0.39 is 10.0 Å². The summed E-state index contributed by atoms with van der Waals surface area (Å²) in [6.45, 7) is 3.47. The summed E-state index contributed by atoms with van der Waals surface area (Å²) in [5, 5.41) is 6.70. The molecule has 1 aromatic rings. The summed E-state index contributed by atoms with van der Waals surface area (Å²) < 4.78 is 27.8. The molecule has 2 aliphatic rings. The number of aromatic nitrogens is 2. The average Bonchev–Trinajstić information content (AvgIpc) is 3.15. The quantitative estimate of drug-likeness (QED) is 0.850. The zero-order valence-corrected chi connectivity index (χ0v) is 11.5. The molecule has 0 atom stereocenters. The molecule has 0 amide bonds. The molecule has 100 valence electrons. The van der Waals surface area contributed by atoms with Gasteiger partial charge < -0.3 is 0 Å². The van der Waals surface area contributed by atoms with Crippen LogP contribution < -0.4 is 4.72 Å². The average molecular weight is 269 g/mol. The van der Waals surface area contributed by atoms with Crippen LogP contribution in [0.2, 0.25) is 0 Å². The highest BCUT2D eigenvalue weighted by Gasteiger charge is 2.44. The lowest BCUT2D eigenvalue weighted by atomic mass is 10.1. The van der Waals surface area contributed by atoms with Gasteiger partial charge in [0.2, 0.25) is 10.0 Å². The van der Waals surface area contributed by atoms with E-state index >= 15 is 0 Å². The van der Waals surface area contributed by atoms with Gasteiger partial charge in [0.25, 0.3) is 0 Å². The third-order valence-corrected chi connectivity index (χ3v) is 5.60. The number of nitrogens with zero attached hydrogens (tertiary/aromatic N) is 1. The van der Waals surface area contributed by atoms with E-state index in [0.717, 1.165) is 25.7 Å². The highest BCUT2D eigenvalue weighted by atomic mass is 32.2. The van der Waals surface area contributed by atoms with E-state index in [1.54, 1.807) is 13.8 Å². The summed E-state index contributed by atoms with van der Waals surface area (Å²) in [5.41, 5.74) is 1.16. The predicted octanol–water partition coefficient (Wildman–Crippen LogP) is 1.49. The zero-order valence-electron chi connectivity index (χ0n) is 10.7. The molecule has 0 aromatic carbocycles. The zero-order chi connectivity index (χ0) is 12.9. The number of aryl methyl sites for hydroxylation is 2. The number of hydrogen-bond donors (Lipinski definition) is 2. The number of H-pyrrole nitrogens is 1. The minimum Gasteiger partial charge on any atom is -0.281 e. The summed E-state index contributed by atoms with van der Waals surface area (Å²) in [7, 11) is -3.43. The van der Waals surface area contributed by atoms with Gasteiger partial charge in [-0.05, 0) is 51.4 Å². The molecule has 6 heteroatoms. The van der Waals surface area contributed by atoms with Gasteiger partial charge in [-0.25, -0.2) is 13.1 Å². The molecule has 0 spiro atoms. The Labute approximate surface area is 107 Å². The van der Waals surface area contributed by atoms with E-state index in [2.05, 4.69) is 14.9 Å². The van der Waals surface area contributed by atoms with Crippen LogP contribution in [0.4, 0.5) is 0 Å². The number of sulfonamides is 1. The maximum absolute atomic E-state index is 12.4. The minimum atomic E-state index is -3.43. The molecule has 0 saturated heterocycles. The van der Waals surface area contributed by atoms with Crippen molar-refractivity contribution < 1.29 is 8.42 Å². The van der Waals surface area contributed by atoms with Gasteiger partial charge in [0, 0.05) is 6.04 Å². The van der Waals surface area contributed by atoms with Crippen molar-refractivity contribution in [1.29, 1.82) is 0 Å². The largest absolute Gasteiger partial charge is 0.281 e. The van der Waals surface area contributed by atoms with Crippen molar-refractivity contribution in [2.75, 3.05) is 0 Å². The first-order chi connectivity index (χ1) is 8.49. The van der Waals surface area contributed by atoms with Crippen LogP contribution in [0.15, 0.2) is 4.90 Å². The monoisotopic (exact) mass is 269 g/mol. The van der Waals surface area contributed by atoms with Crippen molar-refractivity contribution in [3.05, 3.63) is 11.4 Å². The fraction of sp³-hybridized carbons (Fsp3) is 0.750. The molecule has 1 heterocycles. The smallest absolute Gasteiger partial charge is 0.244 e. The van der Waals surface area contributed by atoms with Gasteiger partial charge in [0.1, 0.15) is 4.90 Å². The predicted molar refractivity (Wildman–Crippen MR) is 67.6 cm³/mol. The SMILES string of the molecule is Cc1n[nH]c(C)c1S(=O)(=O)NC(C1CC1)C1CC1. The van der Waals surface area contributed by atoms with Crippen molar-refractivity contribution >= 4 is 10.0 Å². The fourth-order valence-electron chi connectivity index (χ4n) is 2.66. The molecule has 1 aromatic heterocycles. The Hall–Kier alpha value is -0.880. The maximum Gasteiger partial charge on any atom is 0.244 e. The topological polar surface area (TPSA) is 74.8 Å². The molecule has 0 aliphatic heterocycles. The number of nitrogens with one attached hydrogen (secondary N) is 2. The molecular weight excluding hydrogens is 250 g/mol. The van der Waals surface area contributed by atoms with Crippen molar-refractivity contribution in [3.8, 4) is 0 Å². The van der Waals surface area contributed by atoms with E-state index in [1.165, 1.54) is 0 Å². The molecule has 0 bridgehead atoms. The Kier molecular flexibility index (Phi) is 2.75. The molecule has 2 aliphatic carbocycles. The molecule has 2 N–H and O–H groups in total. The van der Waals surface area contributed by atoms with E-state index in [0.29, 0.717) is 28.1 Å². The Bertz CT molecular complexity index is 524. The summed E-state index contributed by atoms with van der Waals surface area (Å²) in [6, 6.07) is 0.142. The van der Waals surface area contributed by atoms with Crippen LogP contribution in [-0.2, 0) is 10.0 Å². The Balaban J connectivity index is 1.86. The number of aromatic amines is 1. The molecule has 2 fully saturated rings. The molecule has 0 radical (unpaired) electrons. The molecule has 2 saturated carbocycles. The second kappa shape index (κ2) is 4.06. The van der Waals surface area contributed by atoms with Crippen LogP contribution in [0.25, 0.3) is 0 Å². The van der Waals surface area contributed by atoms with Gasteiger partial charge in [-0.1, -0.05) is 0 Å². The standard InChI is InChI=1S/C12H19N3O2S/c1-7-12(8(2)14-13-7)18(16,17)15-11(9-3-4-9)10-5-6-10/h9-11,15H,3-6H2,1-2H3,(H,13,14). The van der Waals surface area contributed by atoms with Gasteiger partial charge in [0.05, 0.1) is 11.4 Å². The Morgan fingerprint density at radius 2 is 1.78 bits per heavy atom. The maximum atomic E-state index is 12.4. The number of rotatable bonds is 5. The van der Waals surface area contributed by atoms with E-state index in [9.17, 15) is 8.42 Å². The lowest BCUT2D eigenvalue weighted by molar-refractivity contribution is 0.471. The summed E-state index contributed by atoms with van der Waals surface area (Å²) in [5.74, 6) is 1.11. The van der Waals surface area contributed by atoms with Crippen molar-refractivity contribution in [2.24, 2.45) is 11.8 Å². The van der Waals surface area contributed by atoms with Crippen LogP contribution in [0.3, 0.4) is 0 Å². The van der Waals surface area contributed by atoms with Crippen LogP contribution in [0.1, 0.15) is 37.1 Å². The third-order valence-electron chi connectivity index (χ3n) is 3.88. The van der Waals surface area contributed by atoms with E-state index in [-0.39, 0.29) is 6.04 Å². The highest BCUT2D eigenvalue weighted by molar-refractivity contribution is 7.89. The molecule has 0 unspecified atom stereocenters.